The summed E-state index contributed by atoms with van der Waals surface area (Å²) in [5.74, 6) is -0.535. The Bertz CT molecular complexity index is 889. The van der Waals surface area contributed by atoms with E-state index in [2.05, 4.69) is 18.3 Å². The van der Waals surface area contributed by atoms with Gasteiger partial charge >= 0.3 is 0 Å². The minimum Gasteiger partial charge on any atom is -0.313 e. The van der Waals surface area contributed by atoms with Crippen molar-refractivity contribution in [1.82, 2.24) is 5.32 Å². The number of nitrogens with two attached hydrogens (primary N) is 2. The standard InChI is InChI=1S/C24H33N3O2/c1-2-14-24(25,26)15-10-6-4-3-5-7-12-18-16-17-11-8-9-13-19(17)21-20(18)22(28)27-23(21)29/h8-9,11,13,16H,2-7,10,12,14-15,25-26H2,1H3,(H,27,28,29). The van der Waals surface area contributed by atoms with Crippen LogP contribution in [0, 0.1) is 0 Å². The fourth-order valence-electron chi connectivity index (χ4n) is 4.39. The molecule has 2 aromatic carbocycles. The molecule has 2 amide bonds. The minimum absolute atomic E-state index is 0.259. The van der Waals surface area contributed by atoms with E-state index < -0.39 is 5.66 Å². The van der Waals surface area contributed by atoms with E-state index in [0.29, 0.717) is 11.1 Å². The van der Waals surface area contributed by atoms with Crippen molar-refractivity contribution < 1.29 is 9.59 Å². The van der Waals surface area contributed by atoms with Gasteiger partial charge in [-0.2, -0.15) is 0 Å². The van der Waals surface area contributed by atoms with Crippen molar-refractivity contribution in [3.63, 3.8) is 0 Å². The van der Waals surface area contributed by atoms with Crippen LogP contribution in [-0.2, 0) is 6.42 Å². The monoisotopic (exact) mass is 395 g/mol. The molecule has 0 spiro atoms. The quantitative estimate of drug-likeness (QED) is 0.298. The Morgan fingerprint density at radius 2 is 1.52 bits per heavy atom. The summed E-state index contributed by atoms with van der Waals surface area (Å²) in [6, 6.07) is 9.85. The van der Waals surface area contributed by atoms with Crippen molar-refractivity contribution in [2.24, 2.45) is 11.5 Å². The van der Waals surface area contributed by atoms with Crippen molar-refractivity contribution in [3.8, 4) is 0 Å². The Balaban J connectivity index is 1.50. The summed E-state index contributed by atoms with van der Waals surface area (Å²) >= 11 is 0. The number of carbonyl (C=O) groups is 2. The molecule has 0 radical (unpaired) electrons. The Morgan fingerprint density at radius 3 is 2.28 bits per heavy atom. The summed E-state index contributed by atoms with van der Waals surface area (Å²) in [5.41, 5.74) is 13.8. The Labute approximate surface area is 173 Å². The van der Waals surface area contributed by atoms with Crippen LogP contribution in [0.5, 0.6) is 0 Å². The third-order valence-electron chi connectivity index (χ3n) is 5.87. The van der Waals surface area contributed by atoms with Crippen LogP contribution in [0.25, 0.3) is 10.8 Å². The molecule has 0 aromatic heterocycles. The second-order valence-corrected chi connectivity index (χ2v) is 8.39. The van der Waals surface area contributed by atoms with Crippen LogP contribution >= 0.6 is 0 Å². The van der Waals surface area contributed by atoms with Crippen LogP contribution in [0.2, 0.25) is 0 Å². The summed E-state index contributed by atoms with van der Waals surface area (Å²) in [6.07, 6.45) is 10.3. The van der Waals surface area contributed by atoms with E-state index >= 15 is 0 Å². The topological polar surface area (TPSA) is 98.2 Å². The molecule has 2 aromatic rings. The lowest BCUT2D eigenvalue weighted by Crippen LogP contribution is -2.48. The van der Waals surface area contributed by atoms with Gasteiger partial charge in [0.25, 0.3) is 11.8 Å². The first-order chi connectivity index (χ1) is 13.9. The van der Waals surface area contributed by atoms with Gasteiger partial charge in [0.1, 0.15) is 0 Å². The van der Waals surface area contributed by atoms with E-state index in [0.717, 1.165) is 74.1 Å². The third-order valence-corrected chi connectivity index (χ3v) is 5.87. The highest BCUT2D eigenvalue weighted by molar-refractivity contribution is 6.27. The highest BCUT2D eigenvalue weighted by Gasteiger charge is 2.31. The van der Waals surface area contributed by atoms with Gasteiger partial charge in [-0.3, -0.25) is 14.9 Å². The number of unbranched alkanes of at least 4 members (excludes halogenated alkanes) is 5. The van der Waals surface area contributed by atoms with Gasteiger partial charge in [0.2, 0.25) is 0 Å². The average Bonchev–Trinajstić information content (AvgIpc) is 2.98. The zero-order chi connectivity index (χ0) is 20.9. The third kappa shape index (κ3) is 5.22. The minimum atomic E-state index is -0.511. The first kappa shape index (κ1) is 21.5. The number of rotatable bonds is 11. The van der Waals surface area contributed by atoms with Crippen molar-refractivity contribution in [2.75, 3.05) is 0 Å². The molecule has 0 saturated heterocycles. The maximum atomic E-state index is 12.3. The van der Waals surface area contributed by atoms with Gasteiger partial charge in [-0.05, 0) is 42.0 Å². The first-order valence-electron chi connectivity index (χ1n) is 10.9. The number of amides is 2. The Kier molecular flexibility index (Phi) is 7.04. The summed E-state index contributed by atoms with van der Waals surface area (Å²) in [4.78, 5) is 24.6. The van der Waals surface area contributed by atoms with Gasteiger partial charge in [-0.25, -0.2) is 0 Å². The number of hydrogen-bond acceptors (Lipinski definition) is 4. The molecule has 29 heavy (non-hydrogen) atoms. The summed E-state index contributed by atoms with van der Waals surface area (Å²) in [7, 11) is 0. The number of fused-ring (bicyclic) bond motifs is 3. The predicted octanol–water partition coefficient (Wildman–Crippen LogP) is 4.41. The number of aryl methyl sites for hydroxylation is 1. The Hall–Kier alpha value is -2.24. The zero-order valence-electron chi connectivity index (χ0n) is 17.4. The molecule has 5 heteroatoms. The lowest BCUT2D eigenvalue weighted by Gasteiger charge is -2.23. The van der Waals surface area contributed by atoms with Crippen LogP contribution in [0.15, 0.2) is 30.3 Å². The predicted molar refractivity (Wildman–Crippen MR) is 118 cm³/mol. The molecule has 1 heterocycles. The second-order valence-electron chi connectivity index (χ2n) is 8.39. The van der Waals surface area contributed by atoms with Crippen LogP contribution in [0.4, 0.5) is 0 Å². The van der Waals surface area contributed by atoms with Crippen LogP contribution in [-0.4, -0.2) is 17.5 Å². The van der Waals surface area contributed by atoms with Crippen LogP contribution in [0.3, 0.4) is 0 Å². The maximum absolute atomic E-state index is 12.3. The van der Waals surface area contributed by atoms with E-state index in [1.807, 2.05) is 24.3 Å². The molecule has 3 rings (SSSR count). The molecule has 1 aliphatic rings. The lowest BCUT2D eigenvalue weighted by molar-refractivity contribution is 0.0880. The van der Waals surface area contributed by atoms with Crippen LogP contribution < -0.4 is 16.8 Å². The first-order valence-corrected chi connectivity index (χ1v) is 10.9. The molecule has 0 aliphatic carbocycles. The molecule has 0 atom stereocenters. The summed E-state index contributed by atoms with van der Waals surface area (Å²) in [5, 5.41) is 4.34. The number of nitrogens with one attached hydrogen (secondary N) is 1. The normalized spacial score (nSPS) is 13.8. The highest BCUT2D eigenvalue weighted by atomic mass is 16.2. The number of benzene rings is 2. The number of carbonyl (C=O) groups excluding carboxylic acids is 2. The van der Waals surface area contributed by atoms with Gasteiger partial charge < -0.3 is 11.5 Å². The molecule has 0 saturated carbocycles. The average molecular weight is 396 g/mol. The Morgan fingerprint density at radius 1 is 0.862 bits per heavy atom. The fraction of sp³-hybridized carbons (Fsp3) is 0.500. The van der Waals surface area contributed by atoms with Crippen molar-refractivity contribution >= 4 is 22.6 Å². The lowest BCUT2D eigenvalue weighted by atomic mass is 9.92. The van der Waals surface area contributed by atoms with Crippen molar-refractivity contribution in [2.45, 2.75) is 76.8 Å². The highest BCUT2D eigenvalue weighted by Crippen LogP contribution is 2.30. The molecule has 5 N–H and O–H groups in total. The van der Waals surface area contributed by atoms with E-state index in [4.69, 9.17) is 11.5 Å². The number of imide groups is 1. The second kappa shape index (κ2) is 9.51. The smallest absolute Gasteiger partial charge is 0.259 e. The molecule has 5 nitrogen and oxygen atoms in total. The molecule has 0 bridgehead atoms. The largest absolute Gasteiger partial charge is 0.313 e. The van der Waals surface area contributed by atoms with Crippen LogP contribution in [0.1, 0.15) is 91.0 Å². The van der Waals surface area contributed by atoms with Gasteiger partial charge in [0, 0.05) is 0 Å². The maximum Gasteiger partial charge on any atom is 0.259 e. The fourth-order valence-corrected chi connectivity index (χ4v) is 4.39. The van der Waals surface area contributed by atoms with E-state index in [9.17, 15) is 9.59 Å². The van der Waals surface area contributed by atoms with E-state index in [-0.39, 0.29) is 11.8 Å². The summed E-state index contributed by atoms with van der Waals surface area (Å²) < 4.78 is 0. The zero-order valence-corrected chi connectivity index (χ0v) is 17.4. The van der Waals surface area contributed by atoms with Gasteiger partial charge in [-0.1, -0.05) is 75.8 Å². The number of hydrogen-bond donors (Lipinski definition) is 3. The molecule has 1 aliphatic heterocycles. The molecule has 0 unspecified atom stereocenters. The van der Waals surface area contributed by atoms with Gasteiger partial charge in [0.15, 0.2) is 0 Å². The van der Waals surface area contributed by atoms with E-state index in [1.54, 1.807) is 0 Å². The molecule has 156 valence electrons. The summed E-state index contributed by atoms with van der Waals surface area (Å²) in [6.45, 7) is 2.11. The van der Waals surface area contributed by atoms with Crippen molar-refractivity contribution in [3.05, 3.63) is 47.0 Å². The molecular formula is C24H33N3O2. The van der Waals surface area contributed by atoms with Gasteiger partial charge in [-0.15, -0.1) is 0 Å². The van der Waals surface area contributed by atoms with E-state index in [1.165, 1.54) is 6.42 Å². The molecule has 0 fully saturated rings. The van der Waals surface area contributed by atoms with Gasteiger partial charge in [0.05, 0.1) is 16.8 Å². The SMILES string of the molecule is CCCC(N)(N)CCCCCCCCc1cc2ccccc2c2c1C(=O)NC2=O. The van der Waals surface area contributed by atoms with Crippen molar-refractivity contribution in [1.29, 1.82) is 0 Å². The molecular weight excluding hydrogens is 362 g/mol.